The first kappa shape index (κ1) is 18.5. The Hall–Kier alpha value is -2.89. The van der Waals surface area contributed by atoms with Gasteiger partial charge in [-0.2, -0.15) is 0 Å². The highest BCUT2D eigenvalue weighted by Gasteiger charge is 2.43. The second kappa shape index (κ2) is 7.62. The molecule has 1 spiro atoms. The number of hydrogen-bond acceptors (Lipinski definition) is 4. The third kappa shape index (κ3) is 3.72. The Bertz CT molecular complexity index is 860. The van der Waals surface area contributed by atoms with Gasteiger partial charge in [0.05, 0.1) is 12.1 Å². The van der Waals surface area contributed by atoms with Gasteiger partial charge in [0.1, 0.15) is 11.4 Å². The van der Waals surface area contributed by atoms with Crippen LogP contribution in [0.5, 0.6) is 5.75 Å². The minimum Gasteiger partial charge on any atom is -0.485 e. The highest BCUT2D eigenvalue weighted by molar-refractivity contribution is 5.97. The zero-order valence-electron chi connectivity index (χ0n) is 16.1. The van der Waals surface area contributed by atoms with Gasteiger partial charge in [-0.05, 0) is 55.5 Å². The largest absolute Gasteiger partial charge is 0.485 e. The molecule has 2 amide bonds. The Morgan fingerprint density at radius 3 is 2.68 bits per heavy atom. The molecule has 1 aromatic carbocycles. The number of likely N-dealkylation sites (N-methyl/N-ethyl adjacent to an activating group) is 1. The third-order valence-electron chi connectivity index (χ3n) is 5.80. The summed E-state index contributed by atoms with van der Waals surface area (Å²) in [5.41, 5.74) is 1.23. The van der Waals surface area contributed by atoms with Crippen LogP contribution < -0.4 is 10.1 Å². The Balaban J connectivity index is 1.40. The maximum absolute atomic E-state index is 12.6. The molecule has 0 radical (unpaired) electrons. The fourth-order valence-corrected chi connectivity index (χ4v) is 4.21. The van der Waals surface area contributed by atoms with Gasteiger partial charge < -0.3 is 15.0 Å². The maximum Gasteiger partial charge on any atom is 0.257 e. The van der Waals surface area contributed by atoms with Crippen LogP contribution >= 0.6 is 0 Å². The summed E-state index contributed by atoms with van der Waals surface area (Å²) in [6.45, 7) is 1.07. The molecule has 1 saturated carbocycles. The Morgan fingerprint density at radius 1 is 1.21 bits per heavy atom. The molecule has 0 saturated heterocycles. The quantitative estimate of drug-likeness (QED) is 0.890. The van der Waals surface area contributed by atoms with E-state index in [1.54, 1.807) is 17.3 Å². The molecule has 2 aliphatic rings. The SMILES string of the molecule is CN1CC2(CCC(C(=O)NCc3ccncc3)CC2)Oc2ccccc2C1=O. The summed E-state index contributed by atoms with van der Waals surface area (Å²) < 4.78 is 6.38. The molecule has 1 aliphatic heterocycles. The van der Waals surface area contributed by atoms with Crippen LogP contribution in [0.2, 0.25) is 0 Å². The summed E-state index contributed by atoms with van der Waals surface area (Å²) in [7, 11) is 1.82. The first-order valence-corrected chi connectivity index (χ1v) is 9.76. The predicted octanol–water partition coefficient (Wildman–Crippen LogP) is 2.79. The lowest BCUT2D eigenvalue weighted by molar-refractivity contribution is -0.127. The molecule has 0 atom stereocenters. The standard InChI is InChI=1S/C22H25N3O3/c1-25-15-22(28-19-5-3-2-4-18(19)21(25)27)10-6-17(7-11-22)20(26)24-14-16-8-12-23-13-9-16/h2-5,8-9,12-13,17H,6-7,10-11,14-15H2,1H3,(H,24,26). The molecule has 4 rings (SSSR count). The first-order valence-electron chi connectivity index (χ1n) is 9.76. The van der Waals surface area contributed by atoms with Crippen molar-refractivity contribution >= 4 is 11.8 Å². The zero-order valence-corrected chi connectivity index (χ0v) is 16.1. The highest BCUT2D eigenvalue weighted by atomic mass is 16.5. The van der Waals surface area contributed by atoms with Crippen LogP contribution in [-0.4, -0.2) is 40.9 Å². The number of para-hydroxylation sites is 1. The third-order valence-corrected chi connectivity index (χ3v) is 5.80. The number of rotatable bonds is 3. The van der Waals surface area contributed by atoms with E-state index in [0.717, 1.165) is 31.2 Å². The summed E-state index contributed by atoms with van der Waals surface area (Å²) in [5.74, 6) is 0.711. The number of pyridine rings is 1. The van der Waals surface area contributed by atoms with Gasteiger partial charge in [-0.25, -0.2) is 0 Å². The van der Waals surface area contributed by atoms with Gasteiger partial charge in [0.15, 0.2) is 0 Å². The van der Waals surface area contributed by atoms with Crippen molar-refractivity contribution in [3.63, 3.8) is 0 Å². The lowest BCUT2D eigenvalue weighted by Gasteiger charge is -2.40. The number of amides is 2. The molecular weight excluding hydrogens is 354 g/mol. The first-order chi connectivity index (χ1) is 13.6. The van der Waals surface area contributed by atoms with Crippen LogP contribution in [0, 0.1) is 5.92 Å². The van der Waals surface area contributed by atoms with Crippen LogP contribution in [0.3, 0.4) is 0 Å². The molecule has 2 aromatic rings. The van der Waals surface area contributed by atoms with Crippen molar-refractivity contribution in [2.24, 2.45) is 5.92 Å². The second-order valence-corrected chi connectivity index (χ2v) is 7.79. The number of hydrogen-bond donors (Lipinski definition) is 1. The van der Waals surface area contributed by atoms with Crippen LogP contribution in [0.4, 0.5) is 0 Å². The normalized spacial score (nSPS) is 24.2. The van der Waals surface area contributed by atoms with E-state index >= 15 is 0 Å². The van der Waals surface area contributed by atoms with Crippen LogP contribution in [-0.2, 0) is 11.3 Å². The van der Waals surface area contributed by atoms with Gasteiger partial charge in [-0.15, -0.1) is 0 Å². The Kier molecular flexibility index (Phi) is 5.03. The smallest absolute Gasteiger partial charge is 0.257 e. The lowest BCUT2D eigenvalue weighted by atomic mass is 9.78. The molecule has 0 unspecified atom stereocenters. The number of carbonyl (C=O) groups is 2. The van der Waals surface area contributed by atoms with Crippen molar-refractivity contribution < 1.29 is 14.3 Å². The van der Waals surface area contributed by atoms with E-state index in [4.69, 9.17) is 4.74 Å². The van der Waals surface area contributed by atoms with Gasteiger partial charge >= 0.3 is 0 Å². The van der Waals surface area contributed by atoms with Crippen LogP contribution in [0.1, 0.15) is 41.6 Å². The van der Waals surface area contributed by atoms with Crippen molar-refractivity contribution in [3.05, 3.63) is 59.9 Å². The second-order valence-electron chi connectivity index (χ2n) is 7.79. The van der Waals surface area contributed by atoms with Crippen molar-refractivity contribution in [2.45, 2.75) is 37.8 Å². The molecular formula is C22H25N3O3. The summed E-state index contributed by atoms with van der Waals surface area (Å²) >= 11 is 0. The minimum absolute atomic E-state index is 0.00954. The van der Waals surface area contributed by atoms with E-state index in [-0.39, 0.29) is 17.7 Å². The van der Waals surface area contributed by atoms with Crippen LogP contribution in [0.25, 0.3) is 0 Å². The maximum atomic E-state index is 12.6. The molecule has 6 nitrogen and oxygen atoms in total. The minimum atomic E-state index is -0.418. The van der Waals surface area contributed by atoms with E-state index < -0.39 is 5.60 Å². The Morgan fingerprint density at radius 2 is 1.93 bits per heavy atom. The highest BCUT2D eigenvalue weighted by Crippen LogP contribution is 2.39. The number of aromatic nitrogens is 1. The van der Waals surface area contributed by atoms with Crippen molar-refractivity contribution in [2.75, 3.05) is 13.6 Å². The predicted molar refractivity (Wildman–Crippen MR) is 105 cm³/mol. The molecule has 146 valence electrons. The molecule has 28 heavy (non-hydrogen) atoms. The van der Waals surface area contributed by atoms with E-state index in [2.05, 4.69) is 10.3 Å². The molecule has 1 fully saturated rings. The van der Waals surface area contributed by atoms with Gasteiger partial charge in [-0.3, -0.25) is 14.6 Å². The zero-order chi connectivity index (χ0) is 19.6. The number of ether oxygens (including phenoxy) is 1. The monoisotopic (exact) mass is 379 g/mol. The average molecular weight is 379 g/mol. The van der Waals surface area contributed by atoms with Gasteiger partial charge in [-0.1, -0.05) is 12.1 Å². The molecule has 6 heteroatoms. The molecule has 1 aromatic heterocycles. The molecule has 0 bridgehead atoms. The lowest BCUT2D eigenvalue weighted by Crippen LogP contribution is -2.49. The number of benzene rings is 1. The van der Waals surface area contributed by atoms with E-state index in [1.807, 2.05) is 43.4 Å². The summed E-state index contributed by atoms with van der Waals surface area (Å²) in [4.78, 5) is 31.0. The van der Waals surface area contributed by atoms with Crippen LogP contribution in [0.15, 0.2) is 48.8 Å². The van der Waals surface area contributed by atoms with E-state index in [9.17, 15) is 9.59 Å². The van der Waals surface area contributed by atoms with Crippen molar-refractivity contribution in [1.29, 1.82) is 0 Å². The van der Waals surface area contributed by atoms with E-state index in [1.165, 1.54) is 0 Å². The number of nitrogens with zero attached hydrogens (tertiary/aromatic N) is 2. The summed E-state index contributed by atoms with van der Waals surface area (Å²) in [6, 6.07) is 11.2. The summed E-state index contributed by atoms with van der Waals surface area (Å²) in [5, 5.41) is 3.03. The van der Waals surface area contributed by atoms with Crippen molar-refractivity contribution in [3.8, 4) is 5.75 Å². The van der Waals surface area contributed by atoms with Gasteiger partial charge in [0, 0.05) is 31.9 Å². The fourth-order valence-electron chi connectivity index (χ4n) is 4.21. The average Bonchev–Trinajstić information content (AvgIpc) is 2.82. The fraction of sp³-hybridized carbons (Fsp3) is 0.409. The van der Waals surface area contributed by atoms with Gasteiger partial charge in [0.25, 0.3) is 5.91 Å². The molecule has 2 heterocycles. The van der Waals surface area contributed by atoms with E-state index in [0.29, 0.717) is 24.4 Å². The Labute approximate surface area is 164 Å². The molecule has 1 N–H and O–H groups in total. The topological polar surface area (TPSA) is 71.5 Å². The van der Waals surface area contributed by atoms with Gasteiger partial charge in [0.2, 0.25) is 5.91 Å². The molecule has 1 aliphatic carbocycles. The van der Waals surface area contributed by atoms with Crippen molar-refractivity contribution in [1.82, 2.24) is 15.2 Å². The number of carbonyl (C=O) groups excluding carboxylic acids is 2. The number of nitrogens with one attached hydrogen (secondary N) is 1. The summed E-state index contributed by atoms with van der Waals surface area (Å²) in [6.07, 6.45) is 6.48. The number of fused-ring (bicyclic) bond motifs is 1.